The van der Waals surface area contributed by atoms with Crippen LogP contribution >= 0.6 is 0 Å². The minimum absolute atomic E-state index is 0.0743. The van der Waals surface area contributed by atoms with Crippen LogP contribution < -0.4 is 21.3 Å². The Kier molecular flexibility index (Phi) is 8.75. The number of nitrogens with two attached hydrogens (primary N) is 1. The fourth-order valence-electron chi connectivity index (χ4n) is 2.23. The van der Waals surface area contributed by atoms with Gasteiger partial charge in [0.05, 0.1) is 26.4 Å². The molecule has 22 heavy (non-hydrogen) atoms. The third-order valence-electron chi connectivity index (χ3n) is 3.17. The topological polar surface area (TPSA) is 134 Å². The van der Waals surface area contributed by atoms with Gasteiger partial charge in [-0.2, -0.15) is 0 Å². The fourth-order valence-corrected chi connectivity index (χ4v) is 2.23. The molecule has 0 saturated carbocycles. The molecule has 0 bridgehead atoms. The Morgan fingerprint density at radius 2 is 1.50 bits per heavy atom. The summed E-state index contributed by atoms with van der Waals surface area (Å²) >= 11 is 0. The fraction of sp³-hybridized carbons (Fsp3) is 0.571. The molecule has 0 aliphatic heterocycles. The van der Waals surface area contributed by atoms with Crippen LogP contribution in [0.2, 0.25) is 0 Å². The highest BCUT2D eigenvalue weighted by molar-refractivity contribution is 5.57. The summed E-state index contributed by atoms with van der Waals surface area (Å²) in [6.07, 6.45) is -1.06. The molecule has 0 aliphatic rings. The molecule has 0 saturated heterocycles. The molecule has 8 heteroatoms. The molecular weight excluding hydrogens is 288 g/mol. The van der Waals surface area contributed by atoms with E-state index in [1.807, 2.05) is 6.07 Å². The van der Waals surface area contributed by atoms with Crippen LogP contribution in [-0.4, -0.2) is 72.3 Å². The average molecular weight is 314 g/mol. The minimum atomic E-state index is -0.530. The van der Waals surface area contributed by atoms with E-state index in [1.165, 1.54) is 0 Å². The SMILES string of the molecule is Nc1cccc(N(C(CO)NCCO)C(CO)NCCO)c1. The van der Waals surface area contributed by atoms with Crippen molar-refractivity contribution in [1.82, 2.24) is 10.6 Å². The van der Waals surface area contributed by atoms with Crippen molar-refractivity contribution in [1.29, 1.82) is 0 Å². The maximum absolute atomic E-state index is 9.65. The second-order valence-electron chi connectivity index (χ2n) is 4.75. The van der Waals surface area contributed by atoms with E-state index in [1.54, 1.807) is 23.1 Å². The lowest BCUT2D eigenvalue weighted by Gasteiger charge is -2.39. The molecule has 8 N–H and O–H groups in total. The van der Waals surface area contributed by atoms with Crippen LogP contribution in [0.4, 0.5) is 11.4 Å². The first-order valence-electron chi connectivity index (χ1n) is 7.22. The van der Waals surface area contributed by atoms with Gasteiger partial charge in [0.2, 0.25) is 0 Å². The molecule has 0 fully saturated rings. The normalized spacial score (nSPS) is 13.8. The number of benzene rings is 1. The van der Waals surface area contributed by atoms with Gasteiger partial charge in [0.25, 0.3) is 0 Å². The van der Waals surface area contributed by atoms with Gasteiger partial charge in [-0.25, -0.2) is 0 Å². The molecule has 2 atom stereocenters. The van der Waals surface area contributed by atoms with Crippen molar-refractivity contribution < 1.29 is 20.4 Å². The van der Waals surface area contributed by atoms with Crippen LogP contribution in [0.1, 0.15) is 0 Å². The third kappa shape index (κ3) is 5.41. The summed E-state index contributed by atoms with van der Waals surface area (Å²) in [5.41, 5.74) is 7.07. The second-order valence-corrected chi connectivity index (χ2v) is 4.75. The van der Waals surface area contributed by atoms with Gasteiger partial charge in [0.15, 0.2) is 0 Å². The molecule has 0 aliphatic carbocycles. The van der Waals surface area contributed by atoms with Gasteiger partial charge in [0, 0.05) is 24.5 Å². The predicted molar refractivity (Wildman–Crippen MR) is 85.3 cm³/mol. The first kappa shape index (κ1) is 18.6. The Labute approximate surface area is 130 Å². The lowest BCUT2D eigenvalue weighted by atomic mass is 10.2. The Bertz CT molecular complexity index is 406. The van der Waals surface area contributed by atoms with E-state index in [2.05, 4.69) is 10.6 Å². The van der Waals surface area contributed by atoms with Crippen LogP contribution in [0.25, 0.3) is 0 Å². The summed E-state index contributed by atoms with van der Waals surface area (Å²) < 4.78 is 0. The number of anilines is 2. The van der Waals surface area contributed by atoms with Gasteiger partial charge in [-0.05, 0) is 18.2 Å². The molecule has 0 heterocycles. The molecule has 0 aromatic heterocycles. The van der Waals surface area contributed by atoms with Crippen molar-refractivity contribution >= 4 is 11.4 Å². The Balaban J connectivity index is 3.05. The zero-order valence-electron chi connectivity index (χ0n) is 12.5. The smallest absolute Gasteiger partial charge is 0.105 e. The van der Waals surface area contributed by atoms with Gasteiger partial charge in [-0.1, -0.05) is 6.07 Å². The van der Waals surface area contributed by atoms with Crippen molar-refractivity contribution in [2.75, 3.05) is 50.2 Å². The summed E-state index contributed by atoms with van der Waals surface area (Å²) in [6, 6.07) is 7.06. The summed E-state index contributed by atoms with van der Waals surface area (Å²) in [5.74, 6) is 0. The van der Waals surface area contributed by atoms with Crippen molar-refractivity contribution in [3.8, 4) is 0 Å². The van der Waals surface area contributed by atoms with E-state index in [4.69, 9.17) is 15.9 Å². The standard InChI is InChI=1S/C14H26N4O4/c15-11-2-1-3-12(8-11)18(13(9-21)16-4-6-19)14(10-22)17-5-7-20/h1-3,8,13-14,16-17,19-22H,4-7,9-10,15H2. The third-order valence-corrected chi connectivity index (χ3v) is 3.17. The first-order valence-corrected chi connectivity index (χ1v) is 7.22. The van der Waals surface area contributed by atoms with E-state index in [0.29, 0.717) is 24.5 Å². The summed E-state index contributed by atoms with van der Waals surface area (Å²) in [7, 11) is 0. The maximum atomic E-state index is 9.65. The van der Waals surface area contributed by atoms with Crippen LogP contribution in [0.3, 0.4) is 0 Å². The summed E-state index contributed by atoms with van der Waals surface area (Å²) in [4.78, 5) is 1.74. The minimum Gasteiger partial charge on any atom is -0.399 e. The van der Waals surface area contributed by atoms with Crippen LogP contribution in [0.15, 0.2) is 24.3 Å². The van der Waals surface area contributed by atoms with Crippen molar-refractivity contribution in [3.63, 3.8) is 0 Å². The van der Waals surface area contributed by atoms with Gasteiger partial charge in [-0.3, -0.25) is 10.6 Å². The van der Waals surface area contributed by atoms with Crippen molar-refractivity contribution in [3.05, 3.63) is 24.3 Å². The average Bonchev–Trinajstić information content (AvgIpc) is 2.53. The summed E-state index contributed by atoms with van der Waals surface area (Å²) in [5, 5.41) is 43.2. The lowest BCUT2D eigenvalue weighted by Crippen LogP contribution is -2.59. The van der Waals surface area contributed by atoms with E-state index in [9.17, 15) is 10.2 Å². The summed E-state index contributed by atoms with van der Waals surface area (Å²) in [6.45, 7) is -0.0210. The molecule has 1 aromatic rings. The zero-order valence-corrected chi connectivity index (χ0v) is 12.5. The van der Waals surface area contributed by atoms with Crippen LogP contribution in [0.5, 0.6) is 0 Å². The highest BCUT2D eigenvalue weighted by Crippen LogP contribution is 2.21. The number of hydrogen-bond donors (Lipinski definition) is 7. The molecule has 0 spiro atoms. The number of nitrogens with zero attached hydrogens (tertiary/aromatic N) is 1. The van der Waals surface area contributed by atoms with Crippen LogP contribution in [-0.2, 0) is 0 Å². The van der Waals surface area contributed by atoms with Gasteiger partial charge in [-0.15, -0.1) is 0 Å². The maximum Gasteiger partial charge on any atom is 0.105 e. The van der Waals surface area contributed by atoms with Gasteiger partial charge < -0.3 is 31.1 Å². The molecule has 2 unspecified atom stereocenters. The second kappa shape index (κ2) is 10.3. The number of aliphatic hydroxyl groups excluding tert-OH is 4. The van der Waals surface area contributed by atoms with E-state index in [-0.39, 0.29) is 26.4 Å². The molecule has 0 amide bonds. The van der Waals surface area contributed by atoms with E-state index in [0.717, 1.165) is 0 Å². The number of nitrogens with one attached hydrogen (secondary N) is 2. The number of aliphatic hydroxyl groups is 4. The van der Waals surface area contributed by atoms with Crippen molar-refractivity contribution in [2.24, 2.45) is 0 Å². The van der Waals surface area contributed by atoms with Crippen molar-refractivity contribution in [2.45, 2.75) is 12.3 Å². The largest absolute Gasteiger partial charge is 0.399 e. The monoisotopic (exact) mass is 314 g/mol. The number of nitrogen functional groups attached to an aromatic ring is 1. The van der Waals surface area contributed by atoms with E-state index < -0.39 is 12.3 Å². The number of rotatable bonds is 11. The molecule has 1 aromatic carbocycles. The molecule has 0 radical (unpaired) electrons. The van der Waals surface area contributed by atoms with Gasteiger partial charge in [0.1, 0.15) is 12.3 Å². The highest BCUT2D eigenvalue weighted by atomic mass is 16.3. The molecular formula is C14H26N4O4. The zero-order chi connectivity index (χ0) is 16.4. The highest BCUT2D eigenvalue weighted by Gasteiger charge is 2.25. The first-order chi connectivity index (χ1) is 10.7. The number of hydrogen-bond acceptors (Lipinski definition) is 8. The lowest BCUT2D eigenvalue weighted by molar-refractivity contribution is 0.179. The van der Waals surface area contributed by atoms with E-state index >= 15 is 0 Å². The molecule has 126 valence electrons. The van der Waals surface area contributed by atoms with Crippen LogP contribution in [0, 0.1) is 0 Å². The molecule has 1 rings (SSSR count). The Morgan fingerprint density at radius 3 is 1.91 bits per heavy atom. The van der Waals surface area contributed by atoms with Gasteiger partial charge >= 0.3 is 0 Å². The Morgan fingerprint density at radius 1 is 0.955 bits per heavy atom. The quantitative estimate of drug-likeness (QED) is 0.182. The predicted octanol–water partition coefficient (Wildman–Crippen LogP) is -2.12. The Hall–Kier alpha value is -1.42. The molecule has 8 nitrogen and oxygen atoms in total.